The topological polar surface area (TPSA) is 61.4 Å². The lowest BCUT2D eigenvalue weighted by Gasteiger charge is -2.35. The molecule has 7 heteroatoms. The van der Waals surface area contributed by atoms with Crippen LogP contribution in [0.1, 0.15) is 21.6 Å². The van der Waals surface area contributed by atoms with Crippen LogP contribution in [-0.4, -0.2) is 47.0 Å². The van der Waals surface area contributed by atoms with E-state index in [1.165, 1.54) is 5.56 Å². The molecule has 2 aromatic heterocycles. The Kier molecular flexibility index (Phi) is 5.25. The van der Waals surface area contributed by atoms with E-state index in [0.717, 1.165) is 35.9 Å². The maximum Gasteiger partial charge on any atom is 0.254 e. The number of carbonyl (C=O) groups excluding carboxylic acids is 1. The second kappa shape index (κ2) is 7.98. The van der Waals surface area contributed by atoms with Crippen LogP contribution in [0.4, 0.5) is 17.5 Å². The molecule has 0 unspecified atom stereocenters. The van der Waals surface area contributed by atoms with Crippen molar-refractivity contribution < 1.29 is 4.79 Å². The van der Waals surface area contributed by atoms with Crippen LogP contribution < -0.4 is 10.2 Å². The van der Waals surface area contributed by atoms with Crippen molar-refractivity contribution in [1.29, 1.82) is 0 Å². The van der Waals surface area contributed by atoms with Gasteiger partial charge in [-0.2, -0.15) is 16.3 Å². The smallest absolute Gasteiger partial charge is 0.254 e. The summed E-state index contributed by atoms with van der Waals surface area (Å²) in [6, 6.07) is 12.0. The third-order valence-electron chi connectivity index (χ3n) is 4.81. The molecule has 0 aliphatic carbocycles. The molecule has 144 valence electrons. The molecule has 6 nitrogen and oxygen atoms in total. The van der Waals surface area contributed by atoms with E-state index in [9.17, 15) is 4.79 Å². The standard InChI is InChI=1S/C21H23N5OS/c1-15-3-5-18(6-4-15)23-21-22-16(2)13-19(24-21)25-8-10-26(11-9-25)20(27)17-7-12-28-14-17/h3-7,12-14H,8-11H2,1-2H3,(H,22,23,24). The number of aromatic nitrogens is 2. The number of amides is 1. The number of nitrogens with one attached hydrogen (secondary N) is 1. The zero-order valence-electron chi connectivity index (χ0n) is 16.1. The van der Waals surface area contributed by atoms with Crippen molar-refractivity contribution >= 4 is 34.7 Å². The summed E-state index contributed by atoms with van der Waals surface area (Å²) >= 11 is 1.55. The van der Waals surface area contributed by atoms with Crippen LogP contribution in [0, 0.1) is 13.8 Å². The molecule has 1 amide bonds. The SMILES string of the molecule is Cc1ccc(Nc2nc(C)cc(N3CCN(C(=O)c4ccsc4)CC3)n2)cc1. The van der Waals surface area contributed by atoms with E-state index >= 15 is 0 Å². The van der Waals surface area contributed by atoms with Gasteiger partial charge in [-0.3, -0.25) is 4.79 Å². The first kappa shape index (κ1) is 18.4. The number of rotatable bonds is 4. The zero-order chi connectivity index (χ0) is 19.5. The molecule has 1 saturated heterocycles. The monoisotopic (exact) mass is 393 g/mol. The Bertz CT molecular complexity index is 947. The minimum absolute atomic E-state index is 0.112. The van der Waals surface area contributed by atoms with Crippen LogP contribution >= 0.6 is 11.3 Å². The molecule has 1 aromatic carbocycles. The normalized spacial score (nSPS) is 14.2. The summed E-state index contributed by atoms with van der Waals surface area (Å²) in [5, 5.41) is 7.13. The Labute approximate surface area is 168 Å². The van der Waals surface area contributed by atoms with Gasteiger partial charge in [-0.25, -0.2) is 4.98 Å². The number of nitrogens with zero attached hydrogens (tertiary/aromatic N) is 4. The molecular formula is C21H23N5OS. The molecule has 0 bridgehead atoms. The molecule has 0 spiro atoms. The summed E-state index contributed by atoms with van der Waals surface area (Å²) in [5.74, 6) is 1.60. The number of thiophene rings is 1. The average Bonchev–Trinajstić information content (AvgIpc) is 3.24. The van der Waals surface area contributed by atoms with Crippen molar-refractivity contribution in [3.8, 4) is 0 Å². The van der Waals surface area contributed by atoms with Crippen molar-refractivity contribution in [2.45, 2.75) is 13.8 Å². The van der Waals surface area contributed by atoms with Gasteiger partial charge >= 0.3 is 0 Å². The van der Waals surface area contributed by atoms with Crippen LogP contribution in [0.2, 0.25) is 0 Å². The van der Waals surface area contributed by atoms with Crippen LogP contribution in [0.15, 0.2) is 47.2 Å². The minimum atomic E-state index is 0.112. The Hall–Kier alpha value is -2.93. The lowest BCUT2D eigenvalue weighted by atomic mass is 10.2. The van der Waals surface area contributed by atoms with Crippen LogP contribution in [0.3, 0.4) is 0 Å². The first-order valence-electron chi connectivity index (χ1n) is 9.34. The van der Waals surface area contributed by atoms with Crippen molar-refractivity contribution in [3.63, 3.8) is 0 Å². The van der Waals surface area contributed by atoms with Gasteiger partial charge in [-0.1, -0.05) is 17.7 Å². The first-order chi connectivity index (χ1) is 13.6. The molecule has 0 saturated carbocycles. The van der Waals surface area contributed by atoms with E-state index in [-0.39, 0.29) is 5.91 Å². The Morgan fingerprint density at radius 3 is 2.46 bits per heavy atom. The number of carbonyl (C=O) groups is 1. The van der Waals surface area contributed by atoms with Gasteiger partial charge in [-0.05, 0) is 37.4 Å². The lowest BCUT2D eigenvalue weighted by Crippen LogP contribution is -2.49. The summed E-state index contributed by atoms with van der Waals surface area (Å²) in [7, 11) is 0. The van der Waals surface area contributed by atoms with E-state index in [1.54, 1.807) is 11.3 Å². The van der Waals surface area contributed by atoms with Gasteiger partial charge in [0.25, 0.3) is 5.91 Å². The van der Waals surface area contributed by atoms with Crippen molar-refractivity contribution in [1.82, 2.24) is 14.9 Å². The minimum Gasteiger partial charge on any atom is -0.353 e. The van der Waals surface area contributed by atoms with Crippen molar-refractivity contribution in [2.24, 2.45) is 0 Å². The highest BCUT2D eigenvalue weighted by molar-refractivity contribution is 7.08. The molecule has 3 heterocycles. The molecule has 1 fully saturated rings. The van der Waals surface area contributed by atoms with Gasteiger partial charge in [0.05, 0.1) is 5.56 Å². The van der Waals surface area contributed by atoms with Crippen LogP contribution in [0.5, 0.6) is 0 Å². The predicted molar refractivity (Wildman–Crippen MR) is 114 cm³/mol. The second-order valence-corrected chi connectivity index (χ2v) is 7.75. The molecule has 0 atom stereocenters. The molecule has 1 aliphatic heterocycles. The van der Waals surface area contributed by atoms with Gasteiger partial charge in [0.15, 0.2) is 0 Å². The number of hydrogen-bond donors (Lipinski definition) is 1. The second-order valence-electron chi connectivity index (χ2n) is 6.97. The molecule has 4 rings (SSSR count). The van der Waals surface area contributed by atoms with Gasteiger partial charge in [0, 0.05) is 49.0 Å². The lowest BCUT2D eigenvalue weighted by molar-refractivity contribution is 0.0747. The van der Waals surface area contributed by atoms with Crippen LogP contribution in [-0.2, 0) is 0 Å². The van der Waals surface area contributed by atoms with Gasteiger partial charge < -0.3 is 15.1 Å². The summed E-state index contributed by atoms with van der Waals surface area (Å²) in [4.78, 5) is 25.9. The van der Waals surface area contributed by atoms with E-state index < -0.39 is 0 Å². The maximum atomic E-state index is 12.5. The van der Waals surface area contributed by atoms with E-state index in [2.05, 4.69) is 34.3 Å². The molecule has 1 aliphatic rings. The van der Waals surface area contributed by atoms with Gasteiger partial charge in [0.1, 0.15) is 5.82 Å². The van der Waals surface area contributed by atoms with Crippen molar-refractivity contribution in [3.05, 3.63) is 64.0 Å². The fourth-order valence-electron chi connectivity index (χ4n) is 3.24. The molecule has 1 N–H and O–H groups in total. The molecule has 3 aromatic rings. The quantitative estimate of drug-likeness (QED) is 0.729. The fraction of sp³-hybridized carbons (Fsp3) is 0.286. The van der Waals surface area contributed by atoms with E-state index in [1.807, 2.05) is 46.8 Å². The number of hydrogen-bond acceptors (Lipinski definition) is 6. The van der Waals surface area contributed by atoms with Crippen LogP contribution in [0.25, 0.3) is 0 Å². The summed E-state index contributed by atoms with van der Waals surface area (Å²) in [6.45, 7) is 6.94. The highest BCUT2D eigenvalue weighted by Gasteiger charge is 2.23. The number of piperazine rings is 1. The molecular weight excluding hydrogens is 370 g/mol. The first-order valence-corrected chi connectivity index (χ1v) is 10.3. The average molecular weight is 394 g/mol. The zero-order valence-corrected chi connectivity index (χ0v) is 16.9. The molecule has 28 heavy (non-hydrogen) atoms. The summed E-state index contributed by atoms with van der Waals surface area (Å²) in [6.07, 6.45) is 0. The fourth-order valence-corrected chi connectivity index (χ4v) is 3.87. The van der Waals surface area contributed by atoms with Crippen molar-refractivity contribution in [2.75, 3.05) is 36.4 Å². The van der Waals surface area contributed by atoms with E-state index in [0.29, 0.717) is 19.0 Å². The number of aryl methyl sites for hydroxylation is 2. The largest absolute Gasteiger partial charge is 0.353 e. The highest BCUT2D eigenvalue weighted by Crippen LogP contribution is 2.21. The van der Waals surface area contributed by atoms with Gasteiger partial charge in [0.2, 0.25) is 5.95 Å². The number of benzene rings is 1. The van der Waals surface area contributed by atoms with Gasteiger partial charge in [-0.15, -0.1) is 0 Å². The Morgan fingerprint density at radius 2 is 1.79 bits per heavy atom. The predicted octanol–water partition coefficient (Wildman–Crippen LogP) is 3.86. The third kappa shape index (κ3) is 4.14. The van der Waals surface area contributed by atoms with E-state index in [4.69, 9.17) is 4.98 Å². The molecule has 0 radical (unpaired) electrons. The Morgan fingerprint density at radius 1 is 1.04 bits per heavy atom. The number of anilines is 3. The summed E-state index contributed by atoms with van der Waals surface area (Å²) in [5.41, 5.74) is 3.87. The highest BCUT2D eigenvalue weighted by atomic mass is 32.1. The maximum absolute atomic E-state index is 12.5. The Balaban J connectivity index is 1.44. The third-order valence-corrected chi connectivity index (χ3v) is 5.49. The summed E-state index contributed by atoms with van der Waals surface area (Å²) < 4.78 is 0.